The molecule has 0 unspecified atom stereocenters. The molecule has 0 atom stereocenters. The monoisotopic (exact) mass is 377 g/mol. The van der Waals surface area contributed by atoms with Crippen molar-refractivity contribution in [3.8, 4) is 0 Å². The Hall–Kier alpha value is -2.94. The van der Waals surface area contributed by atoms with Crippen molar-refractivity contribution in [2.24, 2.45) is 0 Å². The molecule has 0 aliphatic carbocycles. The Bertz CT molecular complexity index is 937. The van der Waals surface area contributed by atoms with E-state index in [0.29, 0.717) is 5.56 Å². The van der Waals surface area contributed by atoms with Gasteiger partial charge in [0, 0.05) is 38.5 Å². The first kappa shape index (κ1) is 19.4. The van der Waals surface area contributed by atoms with Gasteiger partial charge in [-0.1, -0.05) is 12.1 Å². The van der Waals surface area contributed by atoms with Gasteiger partial charge in [-0.15, -0.1) is 0 Å². The zero-order valence-electron chi connectivity index (χ0n) is 14.6. The lowest BCUT2D eigenvalue weighted by atomic mass is 10.1. The molecule has 138 valence electrons. The predicted molar refractivity (Wildman–Crippen MR) is 98.0 cm³/mol. The first-order valence-corrected chi connectivity index (χ1v) is 9.51. The molecule has 2 rings (SSSR count). The van der Waals surface area contributed by atoms with Crippen LogP contribution in [0.3, 0.4) is 0 Å². The van der Waals surface area contributed by atoms with Gasteiger partial charge >= 0.3 is 0 Å². The number of carbonyl (C=O) groups excluding carboxylic acids is 1. The van der Waals surface area contributed by atoms with E-state index in [1.54, 1.807) is 38.4 Å². The van der Waals surface area contributed by atoms with Gasteiger partial charge in [-0.25, -0.2) is 8.42 Å². The van der Waals surface area contributed by atoms with Gasteiger partial charge in [0.05, 0.1) is 9.82 Å². The first-order valence-electron chi connectivity index (χ1n) is 7.62. The van der Waals surface area contributed by atoms with Gasteiger partial charge < -0.3 is 10.2 Å². The van der Waals surface area contributed by atoms with Crippen LogP contribution in [0, 0.1) is 10.1 Å². The van der Waals surface area contributed by atoms with Crippen LogP contribution in [0.1, 0.15) is 15.9 Å². The van der Waals surface area contributed by atoms with Crippen LogP contribution >= 0.6 is 0 Å². The van der Waals surface area contributed by atoms with Crippen LogP contribution in [0.2, 0.25) is 0 Å². The van der Waals surface area contributed by atoms with E-state index in [-0.39, 0.29) is 28.7 Å². The highest BCUT2D eigenvalue weighted by Crippen LogP contribution is 2.28. The van der Waals surface area contributed by atoms with Crippen molar-refractivity contribution in [3.05, 3.63) is 63.7 Å². The van der Waals surface area contributed by atoms with Gasteiger partial charge in [0.15, 0.2) is 9.84 Å². The van der Waals surface area contributed by atoms with Gasteiger partial charge in [0.2, 0.25) is 0 Å². The summed E-state index contributed by atoms with van der Waals surface area (Å²) in [5.41, 5.74) is 1.27. The molecule has 0 saturated carbocycles. The quantitative estimate of drug-likeness (QED) is 0.611. The molecule has 2 aromatic rings. The molecule has 0 aliphatic heterocycles. The summed E-state index contributed by atoms with van der Waals surface area (Å²) in [5, 5.41) is 14.2. The summed E-state index contributed by atoms with van der Waals surface area (Å²) in [5.74, 6) is -0.114. The topological polar surface area (TPSA) is 110 Å². The van der Waals surface area contributed by atoms with Crippen LogP contribution in [0.15, 0.2) is 47.4 Å². The molecule has 8 nitrogen and oxygen atoms in total. The third-order valence-corrected chi connectivity index (χ3v) is 4.79. The summed E-state index contributed by atoms with van der Waals surface area (Å²) in [4.78, 5) is 23.8. The molecule has 1 amide bonds. The molecule has 0 aliphatic rings. The van der Waals surface area contributed by atoms with E-state index >= 15 is 0 Å². The lowest BCUT2D eigenvalue weighted by Gasteiger charge is -2.11. The minimum absolute atomic E-state index is 0.110. The Morgan fingerprint density at radius 3 is 2.27 bits per heavy atom. The normalized spacial score (nSPS) is 11.0. The van der Waals surface area contributed by atoms with Crippen molar-refractivity contribution in [2.45, 2.75) is 11.4 Å². The van der Waals surface area contributed by atoms with E-state index < -0.39 is 14.8 Å². The Labute approximate surface area is 151 Å². The third kappa shape index (κ3) is 4.57. The number of hydrogen-bond acceptors (Lipinski definition) is 6. The SMILES string of the molecule is CN(C)C(=O)c1ccc(CNc2ccc(S(C)(=O)=O)cc2[N+](=O)[O-])cc1. The summed E-state index contributed by atoms with van der Waals surface area (Å²) in [6, 6.07) is 10.6. The highest BCUT2D eigenvalue weighted by atomic mass is 32.2. The van der Waals surface area contributed by atoms with Crippen molar-refractivity contribution in [3.63, 3.8) is 0 Å². The molecule has 2 aromatic carbocycles. The zero-order valence-corrected chi connectivity index (χ0v) is 15.4. The summed E-state index contributed by atoms with van der Waals surface area (Å²) in [6.07, 6.45) is 0.996. The van der Waals surface area contributed by atoms with E-state index in [4.69, 9.17) is 0 Å². The third-order valence-electron chi connectivity index (χ3n) is 3.68. The van der Waals surface area contributed by atoms with Crippen molar-refractivity contribution in [1.29, 1.82) is 0 Å². The molecule has 0 aromatic heterocycles. The number of carbonyl (C=O) groups is 1. The number of amides is 1. The van der Waals surface area contributed by atoms with E-state index in [9.17, 15) is 23.3 Å². The first-order chi connectivity index (χ1) is 12.1. The maximum absolute atomic E-state index is 11.9. The fraction of sp³-hybridized carbons (Fsp3) is 0.235. The Morgan fingerprint density at radius 1 is 1.15 bits per heavy atom. The number of benzene rings is 2. The van der Waals surface area contributed by atoms with Gasteiger partial charge in [-0.3, -0.25) is 14.9 Å². The number of nitro benzene ring substituents is 1. The summed E-state index contributed by atoms with van der Waals surface area (Å²) >= 11 is 0. The molecule has 1 N–H and O–H groups in total. The van der Waals surface area contributed by atoms with E-state index in [0.717, 1.165) is 17.9 Å². The predicted octanol–water partition coefficient (Wildman–Crippen LogP) is 2.31. The number of nitrogens with zero attached hydrogens (tertiary/aromatic N) is 2. The van der Waals surface area contributed by atoms with Crippen molar-refractivity contribution < 1.29 is 18.1 Å². The average Bonchev–Trinajstić information content (AvgIpc) is 2.58. The number of anilines is 1. The molecule has 0 fully saturated rings. The van der Waals surface area contributed by atoms with Gasteiger partial charge in [-0.2, -0.15) is 0 Å². The van der Waals surface area contributed by atoms with E-state index in [1.165, 1.54) is 17.0 Å². The van der Waals surface area contributed by atoms with Crippen LogP contribution in [0.25, 0.3) is 0 Å². The lowest BCUT2D eigenvalue weighted by molar-refractivity contribution is -0.384. The fourth-order valence-electron chi connectivity index (χ4n) is 2.26. The molecule has 0 saturated heterocycles. The second kappa shape index (κ2) is 7.52. The van der Waals surface area contributed by atoms with Gasteiger partial charge in [0.1, 0.15) is 5.69 Å². The summed E-state index contributed by atoms with van der Waals surface area (Å²) < 4.78 is 23.1. The maximum atomic E-state index is 11.9. The highest BCUT2D eigenvalue weighted by Gasteiger charge is 2.18. The van der Waals surface area contributed by atoms with Crippen molar-refractivity contribution in [2.75, 3.05) is 25.7 Å². The molecule has 26 heavy (non-hydrogen) atoms. The summed E-state index contributed by atoms with van der Waals surface area (Å²) in [7, 11) is -0.203. The minimum atomic E-state index is -3.53. The molecule has 0 heterocycles. The Kier molecular flexibility index (Phi) is 5.61. The smallest absolute Gasteiger partial charge is 0.293 e. The molecule has 0 spiro atoms. The van der Waals surface area contributed by atoms with Crippen LogP contribution in [0.4, 0.5) is 11.4 Å². The Balaban J connectivity index is 2.19. The zero-order chi connectivity index (χ0) is 19.5. The van der Waals surface area contributed by atoms with Crippen LogP contribution < -0.4 is 5.32 Å². The number of sulfone groups is 1. The van der Waals surface area contributed by atoms with Crippen LogP contribution in [-0.4, -0.2) is 44.5 Å². The lowest BCUT2D eigenvalue weighted by Crippen LogP contribution is -2.21. The van der Waals surface area contributed by atoms with E-state index in [1.807, 2.05) is 0 Å². The molecule has 0 bridgehead atoms. The largest absolute Gasteiger partial charge is 0.375 e. The van der Waals surface area contributed by atoms with E-state index in [2.05, 4.69) is 5.32 Å². The van der Waals surface area contributed by atoms with Crippen LogP contribution in [-0.2, 0) is 16.4 Å². The molecule has 0 radical (unpaired) electrons. The number of hydrogen-bond donors (Lipinski definition) is 1. The van der Waals surface area contributed by atoms with Gasteiger partial charge in [0.25, 0.3) is 11.6 Å². The second-order valence-corrected chi connectivity index (χ2v) is 7.97. The average molecular weight is 377 g/mol. The fourth-order valence-corrected chi connectivity index (χ4v) is 2.90. The number of nitro groups is 1. The maximum Gasteiger partial charge on any atom is 0.293 e. The number of rotatable bonds is 6. The standard InChI is InChI=1S/C17H19N3O5S/c1-19(2)17(21)13-6-4-12(5-7-13)11-18-15-9-8-14(26(3,24)25)10-16(15)20(22)23/h4-10,18H,11H2,1-3H3. The Morgan fingerprint density at radius 2 is 1.77 bits per heavy atom. The van der Waals surface area contributed by atoms with Gasteiger partial charge in [-0.05, 0) is 29.8 Å². The molecule has 9 heteroatoms. The minimum Gasteiger partial charge on any atom is -0.375 e. The van der Waals surface area contributed by atoms with Crippen LogP contribution in [0.5, 0.6) is 0 Å². The number of nitrogens with one attached hydrogen (secondary N) is 1. The second-order valence-electron chi connectivity index (χ2n) is 5.96. The highest BCUT2D eigenvalue weighted by molar-refractivity contribution is 7.90. The molecular weight excluding hydrogens is 358 g/mol. The van der Waals surface area contributed by atoms with Crippen molar-refractivity contribution in [1.82, 2.24) is 4.90 Å². The molecular formula is C17H19N3O5S. The summed E-state index contributed by atoms with van der Waals surface area (Å²) in [6.45, 7) is 0.287. The van der Waals surface area contributed by atoms with Crippen molar-refractivity contribution >= 4 is 27.1 Å².